The molecule has 0 N–H and O–H groups in total. The quantitative estimate of drug-likeness (QED) is 0.668. The first-order chi connectivity index (χ1) is 8.66. The van der Waals surface area contributed by atoms with E-state index < -0.39 is 20.2 Å². The molecule has 19 heavy (non-hydrogen) atoms. The largest absolute Gasteiger partial charge is 0.270 e. The maximum atomic E-state index is 11.1. The number of fused-ring (bicyclic) bond motifs is 2. The lowest BCUT2D eigenvalue weighted by atomic mass is 9.80. The fourth-order valence-corrected chi connectivity index (χ4v) is 4.26. The molecule has 2 aliphatic carbocycles. The summed E-state index contributed by atoms with van der Waals surface area (Å²) in [6.45, 7) is 0.273. The highest BCUT2D eigenvalue weighted by atomic mass is 32.2. The molecule has 2 saturated carbocycles. The van der Waals surface area contributed by atoms with Crippen LogP contribution in [-0.4, -0.2) is 42.6 Å². The highest BCUT2D eigenvalue weighted by molar-refractivity contribution is 7.86. The maximum Gasteiger partial charge on any atom is 0.264 e. The lowest BCUT2D eigenvalue weighted by Gasteiger charge is -2.29. The van der Waals surface area contributed by atoms with E-state index in [-0.39, 0.29) is 25.0 Å². The van der Waals surface area contributed by atoms with Gasteiger partial charge in [-0.2, -0.15) is 16.8 Å². The van der Waals surface area contributed by atoms with E-state index in [2.05, 4.69) is 0 Å². The molecule has 112 valence electrons. The van der Waals surface area contributed by atoms with Crippen LogP contribution in [0.3, 0.4) is 0 Å². The molecule has 2 rings (SSSR count). The van der Waals surface area contributed by atoms with Crippen molar-refractivity contribution >= 4 is 20.2 Å². The van der Waals surface area contributed by atoms with Crippen molar-refractivity contribution in [3.63, 3.8) is 0 Å². The molecule has 0 unspecified atom stereocenters. The standard InChI is InChI=1S/C11H20O6S2/c1-18(12,13)16-6-10-8-3-4-9(5-8)11(10)7-17-19(2,14)15/h8-11H,3-7H2,1-2H3/t8-,9+,10-,11-/m0/s1. The molecule has 0 aliphatic heterocycles. The first-order valence-electron chi connectivity index (χ1n) is 6.34. The Morgan fingerprint density at radius 3 is 1.53 bits per heavy atom. The molecule has 4 atom stereocenters. The average Bonchev–Trinajstić information content (AvgIpc) is 2.81. The van der Waals surface area contributed by atoms with Crippen molar-refractivity contribution < 1.29 is 25.2 Å². The third-order valence-corrected chi connectivity index (χ3v) is 5.35. The van der Waals surface area contributed by atoms with E-state index in [9.17, 15) is 16.8 Å². The fourth-order valence-electron chi connectivity index (χ4n) is 3.45. The Balaban J connectivity index is 1.99. The molecule has 0 heterocycles. The summed E-state index contributed by atoms with van der Waals surface area (Å²) < 4.78 is 54.1. The van der Waals surface area contributed by atoms with E-state index >= 15 is 0 Å². The van der Waals surface area contributed by atoms with Gasteiger partial charge in [0.25, 0.3) is 20.2 Å². The SMILES string of the molecule is CS(=O)(=O)OC[C@H]1[C@@H]2CC[C@@H](C2)[C@@H]1COS(C)(=O)=O. The van der Waals surface area contributed by atoms with Gasteiger partial charge in [-0.3, -0.25) is 8.37 Å². The van der Waals surface area contributed by atoms with Gasteiger partial charge in [-0.1, -0.05) is 0 Å². The molecule has 6 nitrogen and oxygen atoms in total. The van der Waals surface area contributed by atoms with E-state index in [4.69, 9.17) is 8.37 Å². The molecule has 0 aromatic heterocycles. The van der Waals surface area contributed by atoms with E-state index in [1.165, 1.54) is 0 Å². The fraction of sp³-hybridized carbons (Fsp3) is 1.00. The highest BCUT2D eigenvalue weighted by Crippen LogP contribution is 2.52. The average molecular weight is 312 g/mol. The zero-order chi connectivity index (χ0) is 14.3. The summed E-state index contributed by atoms with van der Waals surface area (Å²) in [7, 11) is -6.91. The highest BCUT2D eigenvalue weighted by Gasteiger charge is 2.48. The van der Waals surface area contributed by atoms with Gasteiger partial charge in [0.1, 0.15) is 0 Å². The third-order valence-electron chi connectivity index (χ3n) is 4.22. The van der Waals surface area contributed by atoms with Crippen LogP contribution in [0.1, 0.15) is 19.3 Å². The lowest BCUT2D eigenvalue weighted by Crippen LogP contribution is -2.31. The Bertz CT molecular complexity index is 475. The van der Waals surface area contributed by atoms with Crippen LogP contribution in [0.4, 0.5) is 0 Å². The van der Waals surface area contributed by atoms with Crippen molar-refractivity contribution in [1.82, 2.24) is 0 Å². The summed E-state index contributed by atoms with van der Waals surface area (Å²) in [5.41, 5.74) is 0. The topological polar surface area (TPSA) is 86.7 Å². The van der Waals surface area contributed by atoms with Crippen LogP contribution in [-0.2, 0) is 28.6 Å². The van der Waals surface area contributed by atoms with Crippen molar-refractivity contribution in [2.75, 3.05) is 25.7 Å². The van der Waals surface area contributed by atoms with Crippen molar-refractivity contribution in [3.05, 3.63) is 0 Å². The molecule has 8 heteroatoms. The first-order valence-corrected chi connectivity index (χ1v) is 9.98. The molecule has 0 radical (unpaired) electrons. The second-order valence-electron chi connectivity index (χ2n) is 5.64. The molecule has 0 saturated heterocycles. The second kappa shape index (κ2) is 5.31. The first kappa shape index (κ1) is 15.2. The number of rotatable bonds is 6. The minimum atomic E-state index is -3.45. The summed E-state index contributed by atoms with van der Waals surface area (Å²) in [5.74, 6) is 1.02. The van der Waals surface area contributed by atoms with Crippen molar-refractivity contribution in [1.29, 1.82) is 0 Å². The Morgan fingerprint density at radius 1 is 0.842 bits per heavy atom. The normalized spacial score (nSPS) is 34.8. The van der Waals surface area contributed by atoms with E-state index in [0.717, 1.165) is 31.8 Å². The van der Waals surface area contributed by atoms with Crippen LogP contribution in [0.5, 0.6) is 0 Å². The monoisotopic (exact) mass is 312 g/mol. The van der Waals surface area contributed by atoms with Gasteiger partial charge in [0.05, 0.1) is 25.7 Å². The Labute approximate surface area is 114 Å². The zero-order valence-corrected chi connectivity index (χ0v) is 12.7. The van der Waals surface area contributed by atoms with Crippen molar-refractivity contribution in [3.8, 4) is 0 Å². The van der Waals surface area contributed by atoms with E-state index in [1.807, 2.05) is 0 Å². The Kier molecular flexibility index (Phi) is 4.25. The predicted octanol–water partition coefficient (Wildman–Crippen LogP) is 0.601. The predicted molar refractivity (Wildman–Crippen MR) is 69.4 cm³/mol. The molecule has 0 spiro atoms. The molecule has 2 aliphatic rings. The Hall–Kier alpha value is -0.180. The Morgan fingerprint density at radius 2 is 1.21 bits per heavy atom. The van der Waals surface area contributed by atoms with Crippen LogP contribution in [0.15, 0.2) is 0 Å². The third kappa shape index (κ3) is 4.14. The van der Waals surface area contributed by atoms with Gasteiger partial charge in [-0.05, 0) is 42.9 Å². The molecule has 0 amide bonds. The van der Waals surface area contributed by atoms with Crippen LogP contribution in [0.2, 0.25) is 0 Å². The minimum absolute atomic E-state index is 0.0789. The van der Waals surface area contributed by atoms with Crippen molar-refractivity contribution in [2.24, 2.45) is 23.7 Å². The summed E-state index contributed by atoms with van der Waals surface area (Å²) in [6.07, 6.45) is 5.22. The van der Waals surface area contributed by atoms with Gasteiger partial charge < -0.3 is 0 Å². The van der Waals surface area contributed by atoms with Crippen LogP contribution >= 0.6 is 0 Å². The summed E-state index contributed by atoms with van der Waals surface area (Å²) in [4.78, 5) is 0. The maximum absolute atomic E-state index is 11.1. The van der Waals surface area contributed by atoms with Crippen LogP contribution in [0, 0.1) is 23.7 Å². The van der Waals surface area contributed by atoms with Gasteiger partial charge >= 0.3 is 0 Å². The number of hydrogen-bond acceptors (Lipinski definition) is 6. The van der Waals surface area contributed by atoms with Gasteiger partial charge in [0.15, 0.2) is 0 Å². The molecule has 2 fully saturated rings. The van der Waals surface area contributed by atoms with Gasteiger partial charge in [0, 0.05) is 0 Å². The molecule has 0 aromatic carbocycles. The summed E-state index contributed by atoms with van der Waals surface area (Å²) >= 11 is 0. The van der Waals surface area contributed by atoms with Crippen LogP contribution < -0.4 is 0 Å². The van der Waals surface area contributed by atoms with E-state index in [1.54, 1.807) is 0 Å². The summed E-state index contributed by atoms with van der Waals surface area (Å²) in [5, 5.41) is 0. The lowest BCUT2D eigenvalue weighted by molar-refractivity contribution is 0.102. The van der Waals surface area contributed by atoms with Crippen molar-refractivity contribution in [2.45, 2.75) is 19.3 Å². The molecule has 0 aromatic rings. The number of hydrogen-bond donors (Lipinski definition) is 0. The van der Waals surface area contributed by atoms with Gasteiger partial charge in [0.2, 0.25) is 0 Å². The van der Waals surface area contributed by atoms with E-state index in [0.29, 0.717) is 11.8 Å². The zero-order valence-electron chi connectivity index (χ0n) is 11.1. The van der Waals surface area contributed by atoms with Gasteiger partial charge in [-0.15, -0.1) is 0 Å². The molecular formula is C11H20O6S2. The smallest absolute Gasteiger partial charge is 0.264 e. The molecule has 2 bridgehead atoms. The second-order valence-corrected chi connectivity index (χ2v) is 8.93. The van der Waals surface area contributed by atoms with Crippen LogP contribution in [0.25, 0.3) is 0 Å². The van der Waals surface area contributed by atoms with Gasteiger partial charge in [-0.25, -0.2) is 0 Å². The molecular weight excluding hydrogens is 292 g/mol. The summed E-state index contributed by atoms with van der Waals surface area (Å²) in [6, 6.07) is 0. The minimum Gasteiger partial charge on any atom is -0.270 e.